The van der Waals surface area contributed by atoms with Crippen LogP contribution in [0.1, 0.15) is 31.5 Å². The monoisotopic (exact) mass is 475 g/mol. The number of ether oxygens (including phenoxy) is 1. The number of sulfonamides is 1. The Morgan fingerprint density at radius 2 is 1.88 bits per heavy atom. The van der Waals surface area contributed by atoms with Crippen molar-refractivity contribution < 1.29 is 17.9 Å². The number of piperidine rings is 1. The number of para-hydroxylation sites is 1. The number of carbonyl (C=O) groups excluding carboxylic acids is 1. The molecule has 1 N–H and O–H groups in total. The Hall–Kier alpha value is -2.17. The molecular formula is C23H33N5O4S. The van der Waals surface area contributed by atoms with E-state index in [4.69, 9.17) is 4.74 Å². The maximum Gasteiger partial charge on any atom is 0.312 e. The zero-order valence-corrected chi connectivity index (χ0v) is 20.2. The normalized spacial score (nSPS) is 24.6. The fourth-order valence-corrected chi connectivity index (χ4v) is 6.43. The Morgan fingerprint density at radius 3 is 2.58 bits per heavy atom. The fraction of sp³-hybridized carbons (Fsp3) is 0.652. The molecule has 3 fully saturated rings. The molecule has 10 heteroatoms. The predicted octanol–water partition coefficient (Wildman–Crippen LogP) is 1.74. The van der Waals surface area contributed by atoms with Crippen LogP contribution >= 0.6 is 0 Å². The van der Waals surface area contributed by atoms with Gasteiger partial charge in [-0.1, -0.05) is 6.07 Å². The van der Waals surface area contributed by atoms with Crippen LogP contribution in [0.3, 0.4) is 0 Å². The Labute approximate surface area is 195 Å². The number of anilines is 1. The summed E-state index contributed by atoms with van der Waals surface area (Å²) in [4.78, 5) is 25.5. The largest absolute Gasteiger partial charge is 0.462 e. The van der Waals surface area contributed by atoms with Crippen LogP contribution in [0.25, 0.3) is 11.0 Å². The van der Waals surface area contributed by atoms with Crippen LogP contribution in [0.4, 0.5) is 5.69 Å². The zero-order chi connectivity index (χ0) is 23.2. The molecule has 0 unspecified atom stereocenters. The zero-order valence-electron chi connectivity index (χ0n) is 19.4. The molecule has 33 heavy (non-hydrogen) atoms. The number of aromatic nitrogens is 2. The number of nitrogens with one attached hydrogen (secondary N) is 1. The molecular weight excluding hydrogens is 442 g/mol. The van der Waals surface area contributed by atoms with Crippen LogP contribution in [0, 0.1) is 12.3 Å². The van der Waals surface area contributed by atoms with Gasteiger partial charge in [-0.15, -0.1) is 0 Å². The van der Waals surface area contributed by atoms with Gasteiger partial charge in [0, 0.05) is 52.2 Å². The van der Waals surface area contributed by atoms with E-state index in [1.54, 1.807) is 0 Å². The Morgan fingerprint density at radius 1 is 1.15 bits per heavy atom. The first-order valence-corrected chi connectivity index (χ1v) is 13.7. The van der Waals surface area contributed by atoms with Gasteiger partial charge in [0.05, 0.1) is 22.9 Å². The number of fused-ring (bicyclic) bond motifs is 1. The first kappa shape index (κ1) is 22.6. The smallest absolute Gasteiger partial charge is 0.312 e. The average Bonchev–Trinajstić information content (AvgIpc) is 3.31. The molecule has 0 radical (unpaired) electrons. The molecule has 0 bridgehead atoms. The molecule has 180 valence electrons. The number of imidazole rings is 1. The highest BCUT2D eigenvalue weighted by molar-refractivity contribution is 7.88. The molecule has 3 saturated heterocycles. The maximum absolute atomic E-state index is 12.7. The van der Waals surface area contributed by atoms with E-state index in [0.29, 0.717) is 32.4 Å². The molecule has 0 aliphatic carbocycles. The van der Waals surface area contributed by atoms with Crippen molar-refractivity contribution in [2.24, 2.45) is 5.41 Å². The lowest BCUT2D eigenvalue weighted by Crippen LogP contribution is -2.47. The maximum atomic E-state index is 12.7. The highest BCUT2D eigenvalue weighted by atomic mass is 32.2. The number of esters is 1. The van der Waals surface area contributed by atoms with E-state index in [9.17, 15) is 13.2 Å². The van der Waals surface area contributed by atoms with Crippen LogP contribution in [0.15, 0.2) is 18.2 Å². The number of piperazine rings is 1. The van der Waals surface area contributed by atoms with Gasteiger partial charge in [-0.3, -0.25) is 9.69 Å². The van der Waals surface area contributed by atoms with Crippen molar-refractivity contribution in [1.82, 2.24) is 19.2 Å². The first-order valence-electron chi connectivity index (χ1n) is 11.8. The fourth-order valence-electron chi connectivity index (χ4n) is 5.59. The summed E-state index contributed by atoms with van der Waals surface area (Å²) in [6, 6.07) is 6.28. The lowest BCUT2D eigenvalue weighted by molar-refractivity contribution is -0.150. The Balaban J connectivity index is 1.12. The number of rotatable bonds is 5. The minimum Gasteiger partial charge on any atom is -0.462 e. The van der Waals surface area contributed by atoms with Crippen LogP contribution in [-0.2, 0) is 19.6 Å². The van der Waals surface area contributed by atoms with Gasteiger partial charge in [0.15, 0.2) is 0 Å². The Bertz CT molecular complexity index is 1130. The van der Waals surface area contributed by atoms with Gasteiger partial charge in [-0.05, 0) is 38.3 Å². The SMILES string of the molecule is Cc1nc2c(N3CCN(CC[C@H]4CC5(CCN(S(C)(=O)=O)CC5)C(=O)O4)CC3)cccc2[nH]1. The van der Waals surface area contributed by atoms with E-state index in [1.165, 1.54) is 16.2 Å². The van der Waals surface area contributed by atoms with Gasteiger partial charge in [-0.2, -0.15) is 0 Å². The van der Waals surface area contributed by atoms with Gasteiger partial charge in [0.1, 0.15) is 17.4 Å². The van der Waals surface area contributed by atoms with Crippen molar-refractivity contribution in [3.05, 3.63) is 24.0 Å². The van der Waals surface area contributed by atoms with Crippen molar-refractivity contribution in [1.29, 1.82) is 0 Å². The molecule has 1 aromatic carbocycles. The van der Waals surface area contributed by atoms with Crippen LogP contribution in [0.2, 0.25) is 0 Å². The molecule has 9 nitrogen and oxygen atoms in total. The first-order chi connectivity index (χ1) is 15.7. The van der Waals surface area contributed by atoms with Crippen molar-refractivity contribution in [3.8, 4) is 0 Å². The lowest BCUT2D eigenvalue weighted by Gasteiger charge is -2.36. The number of hydrogen-bond donors (Lipinski definition) is 1. The highest BCUT2D eigenvalue weighted by Gasteiger charge is 2.51. The minimum atomic E-state index is -3.20. The minimum absolute atomic E-state index is 0.0684. The summed E-state index contributed by atoms with van der Waals surface area (Å²) < 4.78 is 30.8. The van der Waals surface area contributed by atoms with Crippen LogP contribution < -0.4 is 4.90 Å². The number of H-pyrrole nitrogens is 1. The number of carbonyl (C=O) groups is 1. The van der Waals surface area contributed by atoms with E-state index in [0.717, 1.165) is 56.0 Å². The number of cyclic esters (lactones) is 1. The number of aryl methyl sites for hydroxylation is 1. The molecule has 0 saturated carbocycles. The predicted molar refractivity (Wildman–Crippen MR) is 127 cm³/mol. The molecule has 4 heterocycles. The molecule has 5 rings (SSSR count). The number of aromatic amines is 1. The molecule has 2 aromatic rings. The van der Waals surface area contributed by atoms with E-state index in [-0.39, 0.29) is 12.1 Å². The van der Waals surface area contributed by atoms with Gasteiger partial charge >= 0.3 is 5.97 Å². The van der Waals surface area contributed by atoms with Gasteiger partial charge in [0.2, 0.25) is 10.0 Å². The second kappa shape index (κ2) is 8.56. The topological polar surface area (TPSA) is 98.8 Å². The molecule has 3 aliphatic heterocycles. The summed E-state index contributed by atoms with van der Waals surface area (Å²) >= 11 is 0. The van der Waals surface area contributed by atoms with Gasteiger partial charge in [0.25, 0.3) is 0 Å². The molecule has 1 aromatic heterocycles. The molecule has 1 atom stereocenters. The van der Waals surface area contributed by atoms with Crippen molar-refractivity contribution in [2.75, 3.05) is 57.0 Å². The highest BCUT2D eigenvalue weighted by Crippen LogP contribution is 2.44. The van der Waals surface area contributed by atoms with E-state index < -0.39 is 15.4 Å². The van der Waals surface area contributed by atoms with E-state index in [1.807, 2.05) is 6.92 Å². The second-order valence-corrected chi connectivity index (χ2v) is 11.8. The van der Waals surface area contributed by atoms with Gasteiger partial charge in [-0.25, -0.2) is 17.7 Å². The second-order valence-electron chi connectivity index (χ2n) is 9.79. The summed E-state index contributed by atoms with van der Waals surface area (Å²) in [7, 11) is -3.20. The summed E-state index contributed by atoms with van der Waals surface area (Å²) in [6.07, 6.45) is 3.83. The third-order valence-electron chi connectivity index (χ3n) is 7.56. The van der Waals surface area contributed by atoms with Crippen molar-refractivity contribution in [2.45, 2.75) is 38.7 Å². The molecule has 3 aliphatic rings. The van der Waals surface area contributed by atoms with Crippen molar-refractivity contribution >= 4 is 32.7 Å². The molecule has 0 amide bonds. The third kappa shape index (κ3) is 4.48. The Kier molecular flexibility index (Phi) is 5.86. The average molecular weight is 476 g/mol. The summed E-state index contributed by atoms with van der Waals surface area (Å²) in [5.41, 5.74) is 2.80. The summed E-state index contributed by atoms with van der Waals surface area (Å²) in [6.45, 7) is 7.53. The van der Waals surface area contributed by atoms with E-state index in [2.05, 4.69) is 38.0 Å². The number of benzene rings is 1. The number of nitrogens with zero attached hydrogens (tertiary/aromatic N) is 4. The standard InChI is InChI=1S/C23H33N5O4S/c1-17-24-19-4-3-5-20(21(19)25-17)27-14-12-26(13-15-27)9-6-18-16-23(22(29)32-18)7-10-28(11-8-23)33(2,30)31/h3-5,18H,6-16H2,1-2H3,(H,24,25)/t18-/m0/s1. The van der Waals surface area contributed by atoms with E-state index >= 15 is 0 Å². The summed E-state index contributed by atoms with van der Waals surface area (Å²) in [5, 5.41) is 0. The van der Waals surface area contributed by atoms with Crippen LogP contribution in [-0.4, -0.2) is 91.7 Å². The lowest BCUT2D eigenvalue weighted by atomic mass is 9.76. The van der Waals surface area contributed by atoms with Gasteiger partial charge < -0.3 is 14.6 Å². The van der Waals surface area contributed by atoms with Crippen molar-refractivity contribution in [3.63, 3.8) is 0 Å². The molecule has 1 spiro atoms. The third-order valence-corrected chi connectivity index (χ3v) is 8.87. The quantitative estimate of drug-likeness (QED) is 0.658. The van der Waals surface area contributed by atoms with Crippen LogP contribution in [0.5, 0.6) is 0 Å². The summed E-state index contributed by atoms with van der Waals surface area (Å²) in [5.74, 6) is 0.801. The number of hydrogen-bond acceptors (Lipinski definition) is 7.